The fourth-order valence-electron chi connectivity index (χ4n) is 0.451. The van der Waals surface area contributed by atoms with E-state index in [0.717, 1.165) is 0 Å². The molecule has 0 aliphatic heterocycles. The van der Waals surface area contributed by atoms with Crippen LogP contribution >= 0.6 is 7.82 Å². The average molecular weight is 212 g/mol. The monoisotopic (exact) mass is 212 g/mol. The van der Waals surface area contributed by atoms with Crippen LogP contribution in [-0.2, 0) is 13.6 Å². The number of hydrogen-bond donors (Lipinski definition) is 1. The van der Waals surface area contributed by atoms with Crippen molar-refractivity contribution in [3.05, 3.63) is 0 Å². The molecule has 0 aliphatic carbocycles. The summed E-state index contributed by atoms with van der Waals surface area (Å²) in [6, 6.07) is 0. The molecule has 0 saturated heterocycles. The van der Waals surface area contributed by atoms with E-state index in [2.05, 4.69) is 9.05 Å². The minimum atomic E-state index is -3.73. The Morgan fingerprint density at radius 1 is 1.17 bits per heavy atom. The molecule has 0 unspecified atom stereocenters. The number of rotatable bonds is 6. The van der Waals surface area contributed by atoms with Gasteiger partial charge in [-0.15, -0.1) is 0 Å². The maximum atomic E-state index is 10.8. The van der Waals surface area contributed by atoms with Crippen molar-refractivity contribution in [1.29, 1.82) is 0 Å². The molecule has 6 heteroatoms. The third-order valence-corrected chi connectivity index (χ3v) is 1.93. The zero-order chi connectivity index (χ0) is 8.74. The van der Waals surface area contributed by atoms with E-state index in [9.17, 15) is 4.57 Å². The predicted molar refractivity (Wildman–Crippen MR) is 52.3 cm³/mol. The Balaban J connectivity index is 0. The lowest BCUT2D eigenvalue weighted by Crippen LogP contribution is -1.96. The molecule has 0 aromatic carbocycles. The van der Waals surface area contributed by atoms with E-state index in [1.165, 1.54) is 0 Å². The van der Waals surface area contributed by atoms with Crippen LogP contribution in [0, 0.1) is 0 Å². The molecule has 1 N–H and O–H groups in total. The molecule has 0 aliphatic rings. The van der Waals surface area contributed by atoms with Crippen LogP contribution < -0.4 is 0 Å². The van der Waals surface area contributed by atoms with E-state index < -0.39 is 7.82 Å². The molecule has 0 heterocycles. The normalized spacial score (nSPS) is 10.9. The van der Waals surface area contributed by atoms with Crippen LogP contribution in [0.25, 0.3) is 0 Å². The SMILES string of the molecule is CCCOP(=O)(O)OCCC.[AlH3]. The molecule has 12 heavy (non-hydrogen) atoms. The van der Waals surface area contributed by atoms with Gasteiger partial charge in [0.25, 0.3) is 0 Å². The van der Waals surface area contributed by atoms with Gasteiger partial charge < -0.3 is 4.89 Å². The highest BCUT2D eigenvalue weighted by Gasteiger charge is 2.18. The summed E-state index contributed by atoms with van der Waals surface area (Å²) in [6.45, 7) is 4.24. The molecule has 0 rings (SSSR count). The van der Waals surface area contributed by atoms with Gasteiger partial charge >= 0.3 is 7.82 Å². The van der Waals surface area contributed by atoms with Crippen LogP contribution in [0.5, 0.6) is 0 Å². The largest absolute Gasteiger partial charge is 0.472 e. The van der Waals surface area contributed by atoms with Crippen molar-refractivity contribution in [3.8, 4) is 0 Å². The minimum absolute atomic E-state index is 0. The van der Waals surface area contributed by atoms with E-state index in [1.54, 1.807) is 0 Å². The number of hydrogen-bond acceptors (Lipinski definition) is 3. The molecule has 74 valence electrons. The first-order valence-electron chi connectivity index (χ1n) is 3.74. The van der Waals surface area contributed by atoms with Gasteiger partial charge in [-0.05, 0) is 12.8 Å². The summed E-state index contributed by atoms with van der Waals surface area (Å²) in [5.74, 6) is 0. The Kier molecular flexibility index (Phi) is 10.4. The van der Waals surface area contributed by atoms with Gasteiger partial charge in [-0.3, -0.25) is 9.05 Å². The van der Waals surface area contributed by atoms with Crippen molar-refractivity contribution in [2.75, 3.05) is 13.2 Å². The molecule has 0 saturated carbocycles. The van der Waals surface area contributed by atoms with Gasteiger partial charge in [0.2, 0.25) is 0 Å². The zero-order valence-corrected chi connectivity index (χ0v) is 7.84. The third kappa shape index (κ3) is 8.74. The molecule has 0 radical (unpaired) electrons. The summed E-state index contributed by atoms with van der Waals surface area (Å²) in [5.41, 5.74) is 0. The van der Waals surface area contributed by atoms with Crippen LogP contribution in [0.1, 0.15) is 26.7 Å². The summed E-state index contributed by atoms with van der Waals surface area (Å²) in [7, 11) is -3.73. The molecule has 0 amide bonds. The number of phosphoric ester groups is 1. The first-order chi connectivity index (χ1) is 5.12. The van der Waals surface area contributed by atoms with Gasteiger partial charge in [-0.1, -0.05) is 13.8 Å². The lowest BCUT2D eigenvalue weighted by atomic mass is 10.5. The quantitative estimate of drug-likeness (QED) is 0.521. The Bertz CT molecular complexity index is 130. The van der Waals surface area contributed by atoms with Crippen LogP contribution in [0.2, 0.25) is 0 Å². The lowest BCUT2D eigenvalue weighted by molar-refractivity contribution is 0.150. The van der Waals surface area contributed by atoms with Crippen LogP contribution in [-0.4, -0.2) is 35.5 Å². The van der Waals surface area contributed by atoms with E-state index in [-0.39, 0.29) is 30.6 Å². The molecule has 0 spiro atoms. The standard InChI is InChI=1S/C6H15O4P.Al.3H/c1-3-5-9-11(7,8)10-6-4-2;;;;/h3-6H2,1-2H3,(H,7,8);;;;. The molecule has 0 atom stereocenters. The lowest BCUT2D eigenvalue weighted by Gasteiger charge is -2.09. The van der Waals surface area contributed by atoms with Gasteiger partial charge in [0.1, 0.15) is 0 Å². The Hall–Kier alpha value is 0.642. The van der Waals surface area contributed by atoms with Crippen LogP contribution in [0.3, 0.4) is 0 Å². The highest BCUT2D eigenvalue weighted by Crippen LogP contribution is 2.43. The summed E-state index contributed by atoms with van der Waals surface area (Å²) >= 11 is 0. The van der Waals surface area contributed by atoms with Crippen molar-refractivity contribution in [2.45, 2.75) is 26.7 Å². The molecule has 0 bridgehead atoms. The van der Waals surface area contributed by atoms with Crippen LogP contribution in [0.4, 0.5) is 0 Å². The smallest absolute Gasteiger partial charge is 0.302 e. The third-order valence-electron chi connectivity index (χ3n) is 0.917. The minimum Gasteiger partial charge on any atom is -0.302 e. The topological polar surface area (TPSA) is 55.8 Å². The van der Waals surface area contributed by atoms with Gasteiger partial charge in [-0.25, -0.2) is 4.57 Å². The second-order valence-electron chi connectivity index (χ2n) is 2.14. The second-order valence-corrected chi connectivity index (χ2v) is 3.59. The fraction of sp³-hybridized carbons (Fsp3) is 1.00. The van der Waals surface area contributed by atoms with Gasteiger partial charge in [0, 0.05) is 0 Å². The van der Waals surface area contributed by atoms with Crippen molar-refractivity contribution in [2.24, 2.45) is 0 Å². The van der Waals surface area contributed by atoms with Gasteiger partial charge in [0.15, 0.2) is 17.4 Å². The second kappa shape index (κ2) is 8.25. The van der Waals surface area contributed by atoms with Crippen molar-refractivity contribution in [1.82, 2.24) is 0 Å². The fourth-order valence-corrected chi connectivity index (χ4v) is 1.35. The Morgan fingerprint density at radius 3 is 1.75 bits per heavy atom. The predicted octanol–water partition coefficient (Wildman–Crippen LogP) is 0.756. The highest BCUT2D eigenvalue weighted by atomic mass is 31.2. The summed E-state index contributed by atoms with van der Waals surface area (Å²) < 4.78 is 20.0. The maximum Gasteiger partial charge on any atom is 0.472 e. The van der Waals surface area contributed by atoms with E-state index >= 15 is 0 Å². The summed E-state index contributed by atoms with van der Waals surface area (Å²) in [6.07, 6.45) is 1.42. The Labute approximate surface area is 84.0 Å². The number of phosphoric acid groups is 1. The van der Waals surface area contributed by atoms with E-state index in [0.29, 0.717) is 12.8 Å². The van der Waals surface area contributed by atoms with E-state index in [4.69, 9.17) is 4.89 Å². The first-order valence-corrected chi connectivity index (χ1v) is 5.23. The maximum absolute atomic E-state index is 10.8. The Morgan fingerprint density at radius 2 is 1.50 bits per heavy atom. The van der Waals surface area contributed by atoms with Crippen molar-refractivity contribution >= 4 is 25.2 Å². The van der Waals surface area contributed by atoms with Gasteiger partial charge in [-0.2, -0.15) is 0 Å². The molecular weight excluding hydrogens is 194 g/mol. The van der Waals surface area contributed by atoms with Crippen LogP contribution in [0.15, 0.2) is 0 Å². The van der Waals surface area contributed by atoms with Crippen molar-refractivity contribution < 1.29 is 18.5 Å². The zero-order valence-electron chi connectivity index (χ0n) is 6.95. The average Bonchev–Trinajstić information content (AvgIpc) is 1.97. The van der Waals surface area contributed by atoms with Gasteiger partial charge in [0.05, 0.1) is 13.2 Å². The molecule has 0 aromatic rings. The first kappa shape index (κ1) is 15.1. The summed E-state index contributed by atoms with van der Waals surface area (Å²) in [4.78, 5) is 8.89. The molecular formula is C6H18AlO4P. The van der Waals surface area contributed by atoms with E-state index in [1.807, 2.05) is 13.8 Å². The van der Waals surface area contributed by atoms with Crippen molar-refractivity contribution in [3.63, 3.8) is 0 Å². The summed E-state index contributed by atoms with van der Waals surface area (Å²) in [5, 5.41) is 0. The highest BCUT2D eigenvalue weighted by molar-refractivity contribution is 7.47. The molecule has 0 fully saturated rings. The molecule has 4 nitrogen and oxygen atoms in total. The molecule has 0 aromatic heterocycles.